The molecule has 4 unspecified atom stereocenters. The van der Waals surface area contributed by atoms with E-state index in [1.54, 1.807) is 0 Å². The summed E-state index contributed by atoms with van der Waals surface area (Å²) in [4.78, 5) is 4.81. The minimum absolute atomic E-state index is 0.0408. The van der Waals surface area contributed by atoms with Gasteiger partial charge in [0.1, 0.15) is 0 Å². The molecule has 7 aromatic rings. The summed E-state index contributed by atoms with van der Waals surface area (Å²) in [5, 5.41) is 2.18. The second-order valence-electron chi connectivity index (χ2n) is 16.8. The van der Waals surface area contributed by atoms with Crippen LogP contribution in [0.15, 0.2) is 145 Å². The molecule has 2 fully saturated rings. The van der Waals surface area contributed by atoms with Crippen molar-refractivity contribution in [1.29, 1.82) is 0 Å². The average Bonchev–Trinajstić information content (AvgIpc) is 3.90. The molecule has 4 aliphatic rings. The van der Waals surface area contributed by atoms with Crippen molar-refractivity contribution >= 4 is 44.3 Å². The molecule has 54 heavy (non-hydrogen) atoms. The molecular formula is C52H48N2. The van der Waals surface area contributed by atoms with Crippen molar-refractivity contribution < 1.29 is 13.7 Å². The summed E-state index contributed by atoms with van der Waals surface area (Å²) in [6, 6.07) is 24.9. The quantitative estimate of drug-likeness (QED) is 0.168. The van der Waals surface area contributed by atoms with E-state index < -0.39 is 36.3 Å². The number of fused-ring (bicyclic) bond motifs is 8. The molecule has 2 nitrogen and oxygen atoms in total. The number of rotatable bonds is 4. The van der Waals surface area contributed by atoms with E-state index in [9.17, 15) is 5.48 Å². The van der Waals surface area contributed by atoms with Gasteiger partial charge in [-0.3, -0.25) is 0 Å². The van der Waals surface area contributed by atoms with Crippen LogP contribution >= 0.6 is 0 Å². The highest BCUT2D eigenvalue weighted by atomic mass is 15.3. The number of hydrogen-bond acceptors (Lipinski definition) is 2. The lowest BCUT2D eigenvalue weighted by molar-refractivity contribution is 0.330. The highest BCUT2D eigenvalue weighted by Gasteiger charge is 2.60. The van der Waals surface area contributed by atoms with Crippen molar-refractivity contribution in [3.8, 4) is 22.3 Å². The first-order valence-electron chi connectivity index (χ1n) is 24.4. The highest BCUT2D eigenvalue weighted by Crippen LogP contribution is 2.64. The molecule has 0 saturated heterocycles. The van der Waals surface area contributed by atoms with E-state index in [0.29, 0.717) is 32.7 Å². The van der Waals surface area contributed by atoms with Crippen LogP contribution in [0.2, 0.25) is 0 Å². The summed E-state index contributed by atoms with van der Waals surface area (Å²) in [6.07, 6.45) is 6.02. The van der Waals surface area contributed by atoms with Crippen molar-refractivity contribution in [2.75, 3.05) is 9.80 Å². The van der Waals surface area contributed by atoms with E-state index in [1.165, 1.54) is 11.1 Å². The minimum atomic E-state index is -0.492. The molecule has 2 saturated carbocycles. The van der Waals surface area contributed by atoms with Crippen molar-refractivity contribution in [1.82, 2.24) is 0 Å². The Morgan fingerprint density at radius 3 is 1.30 bits per heavy atom. The Morgan fingerprint density at radius 2 is 0.870 bits per heavy atom. The Balaban J connectivity index is 1.31. The van der Waals surface area contributed by atoms with Crippen LogP contribution in [0.5, 0.6) is 0 Å². The number of benzene rings is 7. The van der Waals surface area contributed by atoms with Gasteiger partial charge in [-0.2, -0.15) is 0 Å². The highest BCUT2D eigenvalue weighted by molar-refractivity contribution is 6.22. The fourth-order valence-electron chi connectivity index (χ4n) is 11.7. The molecule has 2 aliphatic heterocycles. The molecule has 4 atom stereocenters. The minimum Gasteiger partial charge on any atom is -0.334 e. The summed E-state index contributed by atoms with van der Waals surface area (Å²) < 4.78 is 90.4. The molecule has 0 bridgehead atoms. The molecule has 2 heterocycles. The molecule has 7 aromatic carbocycles. The van der Waals surface area contributed by atoms with Crippen LogP contribution in [0, 0.1) is 0 Å². The van der Waals surface area contributed by atoms with Gasteiger partial charge in [-0.1, -0.05) is 136 Å². The zero-order chi connectivity index (χ0) is 45.2. The van der Waals surface area contributed by atoms with Gasteiger partial charge in [0.05, 0.1) is 24.8 Å². The summed E-state index contributed by atoms with van der Waals surface area (Å²) in [7, 11) is 0. The van der Waals surface area contributed by atoms with Gasteiger partial charge in [-0.25, -0.2) is 0 Å². The zero-order valence-electron chi connectivity index (χ0n) is 41.2. The molecular weight excluding hydrogens is 653 g/mol. The van der Waals surface area contributed by atoms with Gasteiger partial charge in [-0.05, 0) is 131 Å². The van der Waals surface area contributed by atoms with Gasteiger partial charge >= 0.3 is 0 Å². The second-order valence-corrected chi connectivity index (χ2v) is 16.8. The van der Waals surface area contributed by atoms with E-state index in [1.807, 2.05) is 48.5 Å². The molecule has 0 aromatic heterocycles. The van der Waals surface area contributed by atoms with E-state index in [-0.39, 0.29) is 57.2 Å². The molecule has 2 aliphatic carbocycles. The third-order valence-corrected chi connectivity index (χ3v) is 14.6. The van der Waals surface area contributed by atoms with Crippen LogP contribution in [0.4, 0.5) is 22.7 Å². The number of para-hydroxylation sites is 2. The lowest BCUT2D eigenvalue weighted by Gasteiger charge is -2.43. The van der Waals surface area contributed by atoms with Crippen LogP contribution < -0.4 is 9.80 Å². The SMILES string of the molecule is [2H]c1c([2H])c([2H])c(-c2c3ccc(N4c5ccccc5C5(C)CCCC45C)cc3c(-c3c([2H])c([2H])c([2H])c([2H])c3[2H])c3ccc(N4c5ccccc5C5(C)CCCC45C)cc23)c([2H])c1[2H]. The van der Waals surface area contributed by atoms with Gasteiger partial charge < -0.3 is 9.80 Å². The first kappa shape index (κ1) is 23.4. The summed E-state index contributed by atoms with van der Waals surface area (Å²) in [5.41, 5.74) is 6.45. The van der Waals surface area contributed by atoms with Crippen LogP contribution in [-0.2, 0) is 10.8 Å². The predicted octanol–water partition coefficient (Wildman–Crippen LogP) is 14.0. The molecule has 266 valence electrons. The third-order valence-electron chi connectivity index (χ3n) is 14.6. The average molecular weight is 711 g/mol. The van der Waals surface area contributed by atoms with Crippen LogP contribution in [0.3, 0.4) is 0 Å². The van der Waals surface area contributed by atoms with E-state index in [4.69, 9.17) is 8.22 Å². The molecule has 0 radical (unpaired) electrons. The molecule has 11 rings (SSSR count). The Kier molecular flexibility index (Phi) is 4.82. The lowest BCUT2D eigenvalue weighted by Crippen LogP contribution is -2.48. The lowest BCUT2D eigenvalue weighted by atomic mass is 9.72. The first-order valence-corrected chi connectivity index (χ1v) is 19.4. The van der Waals surface area contributed by atoms with Crippen molar-refractivity contribution in [3.05, 3.63) is 156 Å². The predicted molar refractivity (Wildman–Crippen MR) is 229 cm³/mol. The zero-order valence-corrected chi connectivity index (χ0v) is 31.2. The van der Waals surface area contributed by atoms with Gasteiger partial charge in [0.25, 0.3) is 0 Å². The molecule has 0 N–H and O–H groups in total. The standard InChI is InChI=1S/C52H48N2/c1-49-29-15-31-51(49,3)53(45-23-13-11-21-43(45)49)37-25-27-39-41(33-37)47(35-17-7-5-8-18-35)40-28-26-38(34-42(40)48(39)36-19-9-6-10-20-36)54-46-24-14-12-22-44(46)50(2)30-16-32-52(50,54)4/h5-14,17-28,33-34H,15-16,29-32H2,1-4H3/i5D,6D,7D,8D,9D,10D,17D,18D,19D,20D. The Morgan fingerprint density at radius 1 is 0.463 bits per heavy atom. The molecule has 0 spiro atoms. The largest absolute Gasteiger partial charge is 0.334 e. The van der Waals surface area contributed by atoms with E-state index in [2.05, 4.69) is 73.9 Å². The number of anilines is 4. The second kappa shape index (κ2) is 11.1. The monoisotopic (exact) mass is 710 g/mol. The van der Waals surface area contributed by atoms with Crippen LogP contribution in [-0.4, -0.2) is 11.1 Å². The van der Waals surface area contributed by atoms with Gasteiger partial charge in [-0.15, -0.1) is 0 Å². The van der Waals surface area contributed by atoms with Crippen LogP contribution in [0.1, 0.15) is 91.1 Å². The Labute approximate surface area is 334 Å². The maximum atomic E-state index is 9.43. The fourth-order valence-corrected chi connectivity index (χ4v) is 11.7. The Hall–Kier alpha value is -5.34. The fraction of sp³-hybridized carbons (Fsp3) is 0.269. The van der Waals surface area contributed by atoms with E-state index >= 15 is 0 Å². The van der Waals surface area contributed by atoms with Crippen molar-refractivity contribution in [2.24, 2.45) is 0 Å². The van der Waals surface area contributed by atoms with Crippen molar-refractivity contribution in [2.45, 2.75) is 88.1 Å². The maximum Gasteiger partial charge on any atom is 0.0629 e. The third kappa shape index (κ3) is 3.96. The summed E-state index contributed by atoms with van der Waals surface area (Å²) >= 11 is 0. The smallest absolute Gasteiger partial charge is 0.0629 e. The number of nitrogens with zero attached hydrogens (tertiary/aromatic N) is 2. The van der Waals surface area contributed by atoms with Crippen LogP contribution in [0.25, 0.3) is 43.8 Å². The molecule has 2 heteroatoms. The Bertz CT molecular complexity index is 2970. The van der Waals surface area contributed by atoms with E-state index in [0.717, 1.165) is 61.3 Å². The van der Waals surface area contributed by atoms with Gasteiger partial charge in [0.15, 0.2) is 0 Å². The summed E-state index contributed by atoms with van der Waals surface area (Å²) in [5.74, 6) is 0. The summed E-state index contributed by atoms with van der Waals surface area (Å²) in [6.45, 7) is 9.31. The first-order chi connectivity index (χ1) is 30.4. The normalized spacial score (nSPS) is 29.3. The van der Waals surface area contributed by atoms with Gasteiger partial charge in [0, 0.05) is 33.6 Å². The molecule has 0 amide bonds. The van der Waals surface area contributed by atoms with Crippen molar-refractivity contribution in [3.63, 3.8) is 0 Å². The van der Waals surface area contributed by atoms with Gasteiger partial charge in [0.2, 0.25) is 0 Å². The topological polar surface area (TPSA) is 6.48 Å². The number of hydrogen-bond donors (Lipinski definition) is 0. The maximum absolute atomic E-state index is 9.43.